The molecule has 0 aromatic heterocycles. The van der Waals surface area contributed by atoms with Crippen LogP contribution in [0.2, 0.25) is 18.1 Å². The molecular weight excluding hydrogens is 482 g/mol. The van der Waals surface area contributed by atoms with E-state index in [2.05, 4.69) is 33.9 Å². The molecule has 34 heavy (non-hydrogen) atoms. The van der Waals surface area contributed by atoms with E-state index in [0.29, 0.717) is 24.5 Å². The summed E-state index contributed by atoms with van der Waals surface area (Å²) in [6.07, 6.45) is 2.21. The lowest BCUT2D eigenvalue weighted by Gasteiger charge is -2.42. The number of rotatable bonds is 9. The molecule has 0 unspecified atom stereocenters. The molecule has 190 valence electrons. The van der Waals surface area contributed by atoms with E-state index in [1.165, 1.54) is 7.05 Å². The fraction of sp³-hybridized carbons (Fsp3) is 0.619. The van der Waals surface area contributed by atoms with Crippen molar-refractivity contribution in [2.24, 2.45) is 0 Å². The van der Waals surface area contributed by atoms with Gasteiger partial charge in [0, 0.05) is 19.7 Å². The molecule has 2 atom stereocenters. The van der Waals surface area contributed by atoms with Crippen LogP contribution in [0.3, 0.4) is 0 Å². The van der Waals surface area contributed by atoms with Crippen molar-refractivity contribution in [1.29, 1.82) is 0 Å². The van der Waals surface area contributed by atoms with Gasteiger partial charge in [0.1, 0.15) is 0 Å². The average molecular weight is 516 g/mol. The molecule has 0 radical (unpaired) electrons. The summed E-state index contributed by atoms with van der Waals surface area (Å²) in [5.41, 5.74) is -0.771. The number of hydrogen-bond acceptors (Lipinski definition) is 8. The van der Waals surface area contributed by atoms with Crippen LogP contribution in [0.25, 0.3) is 0 Å². The Labute approximate surface area is 200 Å². The molecular formula is C21H33N3O8SSi. The van der Waals surface area contributed by atoms with Gasteiger partial charge in [-0.15, -0.1) is 0 Å². The first kappa shape index (κ1) is 28.0. The quantitative estimate of drug-likeness (QED) is 0.224. The van der Waals surface area contributed by atoms with Gasteiger partial charge in [0.2, 0.25) is 10.0 Å². The van der Waals surface area contributed by atoms with Crippen molar-refractivity contribution in [2.75, 3.05) is 13.6 Å². The van der Waals surface area contributed by atoms with E-state index in [1.807, 2.05) is 6.08 Å². The third-order valence-corrected chi connectivity index (χ3v) is 13.0. The lowest BCUT2D eigenvalue weighted by Crippen LogP contribution is -2.48. The van der Waals surface area contributed by atoms with Crippen molar-refractivity contribution < 1.29 is 27.8 Å². The van der Waals surface area contributed by atoms with Gasteiger partial charge in [-0.1, -0.05) is 26.8 Å². The van der Waals surface area contributed by atoms with Gasteiger partial charge in [-0.25, -0.2) is 12.7 Å². The van der Waals surface area contributed by atoms with Crippen LogP contribution in [0.15, 0.2) is 34.7 Å². The molecule has 0 bridgehead atoms. The van der Waals surface area contributed by atoms with Crippen LogP contribution >= 0.6 is 0 Å². The van der Waals surface area contributed by atoms with E-state index in [-0.39, 0.29) is 24.1 Å². The Balaban J connectivity index is 2.17. The predicted octanol–water partition coefficient (Wildman–Crippen LogP) is 3.99. The molecule has 13 heteroatoms. The van der Waals surface area contributed by atoms with Gasteiger partial charge < -0.3 is 9.53 Å². The van der Waals surface area contributed by atoms with Gasteiger partial charge in [0.05, 0.1) is 28.1 Å². The number of non-ortho nitro benzene ring substituents is 1. The van der Waals surface area contributed by atoms with Crippen LogP contribution in [-0.2, 0) is 14.4 Å². The first-order valence-electron chi connectivity index (χ1n) is 10.9. The number of sulfonamides is 1. The third-order valence-electron chi connectivity index (χ3n) is 6.60. The Kier molecular flexibility index (Phi) is 8.41. The molecule has 1 aromatic rings. The van der Waals surface area contributed by atoms with E-state index in [4.69, 9.17) is 4.43 Å². The molecule has 0 amide bonds. The fourth-order valence-electron chi connectivity index (χ4n) is 3.43. The van der Waals surface area contributed by atoms with Crippen LogP contribution in [0.1, 0.15) is 40.0 Å². The number of nitrogens with zero attached hydrogens (tertiary/aromatic N) is 3. The molecule has 0 saturated heterocycles. The summed E-state index contributed by atoms with van der Waals surface area (Å²) < 4.78 is 33.4. The predicted molar refractivity (Wildman–Crippen MR) is 130 cm³/mol. The maximum absolute atomic E-state index is 13.0. The van der Waals surface area contributed by atoms with Crippen molar-refractivity contribution in [3.05, 3.63) is 50.1 Å². The van der Waals surface area contributed by atoms with E-state index in [0.717, 1.165) is 16.4 Å². The summed E-state index contributed by atoms with van der Waals surface area (Å²) >= 11 is 0. The molecule has 1 aliphatic carbocycles. The zero-order chi connectivity index (χ0) is 26.1. The van der Waals surface area contributed by atoms with Gasteiger partial charge in [0.15, 0.2) is 13.2 Å². The summed E-state index contributed by atoms with van der Waals surface area (Å²) in [5.74, 6) is 0. The third kappa shape index (κ3) is 6.08. The molecule has 2 rings (SSSR count). The van der Waals surface area contributed by atoms with Crippen LogP contribution in [-0.4, -0.2) is 61.8 Å². The van der Waals surface area contributed by atoms with E-state index in [9.17, 15) is 33.8 Å². The SMILES string of the molecule is CN(CCC1=CCC[C@@H](O[Si](C)(C)C(C)(C)C)[C@H]1O)S(=O)(=O)c1ccc([N+](=O)[O-])cc1[N+](=O)[O-]. The normalized spacial score (nSPS) is 19.7. The highest BCUT2D eigenvalue weighted by atomic mass is 32.2. The highest BCUT2D eigenvalue weighted by Crippen LogP contribution is 2.39. The van der Waals surface area contributed by atoms with E-state index < -0.39 is 50.6 Å². The molecule has 0 saturated carbocycles. The van der Waals surface area contributed by atoms with Gasteiger partial charge in [-0.2, -0.15) is 0 Å². The fourth-order valence-corrected chi connectivity index (χ4v) is 6.10. The second kappa shape index (κ2) is 10.2. The van der Waals surface area contributed by atoms with Crippen LogP contribution in [0.5, 0.6) is 0 Å². The average Bonchev–Trinajstić information content (AvgIpc) is 2.72. The van der Waals surface area contributed by atoms with Gasteiger partial charge in [0.25, 0.3) is 11.4 Å². The van der Waals surface area contributed by atoms with Crippen LogP contribution < -0.4 is 0 Å². The van der Waals surface area contributed by atoms with Crippen molar-refractivity contribution >= 4 is 29.7 Å². The maximum atomic E-state index is 13.0. The Morgan fingerprint density at radius 2 is 1.82 bits per heavy atom. The molecule has 1 N–H and O–H groups in total. The van der Waals surface area contributed by atoms with Crippen molar-refractivity contribution in [3.8, 4) is 0 Å². The number of nitro groups is 2. The Hall–Kier alpha value is -2.19. The van der Waals surface area contributed by atoms with Crippen LogP contribution in [0, 0.1) is 20.2 Å². The molecule has 0 spiro atoms. The first-order valence-corrected chi connectivity index (χ1v) is 15.3. The summed E-state index contributed by atoms with van der Waals surface area (Å²) in [7, 11) is -5.14. The second-order valence-electron chi connectivity index (χ2n) is 9.96. The maximum Gasteiger partial charge on any atom is 0.296 e. The minimum absolute atomic E-state index is 0.0260. The number of nitro benzene ring substituents is 2. The molecule has 11 nitrogen and oxygen atoms in total. The number of allylic oxidation sites excluding steroid dienone is 1. The van der Waals surface area contributed by atoms with E-state index in [1.54, 1.807) is 0 Å². The number of hydrogen-bond donors (Lipinski definition) is 1. The lowest BCUT2D eigenvalue weighted by atomic mass is 9.92. The summed E-state index contributed by atoms with van der Waals surface area (Å²) in [6, 6.07) is 2.43. The minimum Gasteiger partial charge on any atom is -0.411 e. The minimum atomic E-state index is -4.30. The zero-order valence-electron chi connectivity index (χ0n) is 20.3. The highest BCUT2D eigenvalue weighted by molar-refractivity contribution is 7.89. The monoisotopic (exact) mass is 515 g/mol. The molecule has 0 aliphatic heterocycles. The van der Waals surface area contributed by atoms with Gasteiger partial charge in [-0.3, -0.25) is 20.2 Å². The van der Waals surface area contributed by atoms with E-state index >= 15 is 0 Å². The molecule has 1 aromatic carbocycles. The Morgan fingerprint density at radius 1 is 1.21 bits per heavy atom. The molecule has 0 heterocycles. The van der Waals surface area contributed by atoms with Gasteiger partial charge in [-0.05, 0) is 49.0 Å². The Morgan fingerprint density at radius 3 is 2.35 bits per heavy atom. The highest BCUT2D eigenvalue weighted by Gasteiger charge is 2.41. The topological polar surface area (TPSA) is 153 Å². The van der Waals surface area contributed by atoms with Gasteiger partial charge >= 0.3 is 0 Å². The van der Waals surface area contributed by atoms with Crippen LogP contribution in [0.4, 0.5) is 11.4 Å². The number of aliphatic hydroxyl groups is 1. The summed E-state index contributed by atoms with van der Waals surface area (Å²) in [5, 5.41) is 33.2. The summed E-state index contributed by atoms with van der Waals surface area (Å²) in [4.78, 5) is 19.9. The largest absolute Gasteiger partial charge is 0.411 e. The second-order valence-corrected chi connectivity index (χ2v) is 16.7. The molecule has 0 fully saturated rings. The van der Waals surface area contributed by atoms with Crippen molar-refractivity contribution in [1.82, 2.24) is 4.31 Å². The Bertz CT molecular complexity index is 1080. The first-order chi connectivity index (χ1) is 15.5. The van der Waals surface area contributed by atoms with Crippen molar-refractivity contribution in [3.63, 3.8) is 0 Å². The summed E-state index contributed by atoms with van der Waals surface area (Å²) in [6.45, 7) is 10.5. The lowest BCUT2D eigenvalue weighted by molar-refractivity contribution is -0.396. The standard InChI is InChI=1S/C21H33N3O8SSi/c1-21(2,3)34(5,6)32-18-9-7-8-15(20(18)25)12-13-22(4)33(30,31)19-11-10-16(23(26)27)14-17(19)24(28)29/h8,10-11,14,18,20,25H,7,9,12-13H2,1-6H3/t18-,20+/m1/s1. The smallest absolute Gasteiger partial charge is 0.296 e. The van der Waals surface area contributed by atoms with Crippen molar-refractivity contribution in [2.45, 2.75) is 75.3 Å². The molecule has 1 aliphatic rings. The zero-order valence-corrected chi connectivity index (χ0v) is 22.2. The number of aliphatic hydroxyl groups excluding tert-OH is 1. The number of benzene rings is 1.